The van der Waals surface area contributed by atoms with Crippen LogP contribution in [0.15, 0.2) is 24.4 Å². The Kier molecular flexibility index (Phi) is 3.80. The summed E-state index contributed by atoms with van der Waals surface area (Å²) in [4.78, 5) is 11.7. The van der Waals surface area contributed by atoms with Crippen LogP contribution in [0.4, 0.5) is 0 Å². The molecule has 0 atom stereocenters. The first-order chi connectivity index (χ1) is 8.96. The van der Waals surface area contributed by atoms with Crippen LogP contribution < -0.4 is 11.1 Å². The second kappa shape index (κ2) is 5.36. The molecule has 0 aromatic carbocycles. The summed E-state index contributed by atoms with van der Waals surface area (Å²) >= 11 is 0. The number of nitrogens with zero attached hydrogens (tertiary/aromatic N) is 3. The third-order valence-electron chi connectivity index (χ3n) is 2.82. The van der Waals surface area contributed by atoms with Gasteiger partial charge < -0.3 is 11.1 Å². The SMILES string of the molecule is CC(C)(N)CCC(=O)NCc1nnc2ccccn12. The van der Waals surface area contributed by atoms with E-state index in [1.165, 1.54) is 0 Å². The highest BCUT2D eigenvalue weighted by molar-refractivity contribution is 5.75. The van der Waals surface area contributed by atoms with Crippen molar-refractivity contribution in [2.75, 3.05) is 0 Å². The third kappa shape index (κ3) is 3.75. The van der Waals surface area contributed by atoms with Crippen LogP contribution in [0.25, 0.3) is 5.65 Å². The molecule has 6 nitrogen and oxygen atoms in total. The fraction of sp³-hybridized carbons (Fsp3) is 0.462. The van der Waals surface area contributed by atoms with Gasteiger partial charge >= 0.3 is 0 Å². The van der Waals surface area contributed by atoms with E-state index in [9.17, 15) is 4.79 Å². The number of rotatable bonds is 5. The number of pyridine rings is 1. The van der Waals surface area contributed by atoms with Crippen molar-refractivity contribution >= 4 is 11.6 Å². The topological polar surface area (TPSA) is 85.3 Å². The van der Waals surface area contributed by atoms with Crippen molar-refractivity contribution in [2.24, 2.45) is 5.73 Å². The van der Waals surface area contributed by atoms with E-state index in [2.05, 4.69) is 15.5 Å². The van der Waals surface area contributed by atoms with E-state index in [4.69, 9.17) is 5.73 Å². The van der Waals surface area contributed by atoms with Crippen LogP contribution in [0.2, 0.25) is 0 Å². The maximum atomic E-state index is 11.7. The van der Waals surface area contributed by atoms with Crippen molar-refractivity contribution in [3.8, 4) is 0 Å². The molecule has 3 N–H and O–H groups in total. The van der Waals surface area contributed by atoms with E-state index in [1.807, 2.05) is 42.6 Å². The highest BCUT2D eigenvalue weighted by Gasteiger charge is 2.13. The molecule has 0 saturated heterocycles. The molecule has 1 amide bonds. The first kappa shape index (κ1) is 13.5. The lowest BCUT2D eigenvalue weighted by atomic mass is 10.00. The van der Waals surface area contributed by atoms with Crippen molar-refractivity contribution < 1.29 is 4.79 Å². The Morgan fingerprint density at radius 3 is 2.95 bits per heavy atom. The Morgan fingerprint density at radius 1 is 1.42 bits per heavy atom. The summed E-state index contributed by atoms with van der Waals surface area (Å²) in [7, 11) is 0. The fourth-order valence-electron chi connectivity index (χ4n) is 1.71. The number of nitrogens with one attached hydrogen (secondary N) is 1. The monoisotopic (exact) mass is 261 g/mol. The van der Waals surface area contributed by atoms with Crippen molar-refractivity contribution in [3.05, 3.63) is 30.2 Å². The van der Waals surface area contributed by atoms with Crippen LogP contribution in [0.1, 0.15) is 32.5 Å². The summed E-state index contributed by atoms with van der Waals surface area (Å²) < 4.78 is 1.85. The normalized spacial score (nSPS) is 11.7. The zero-order valence-corrected chi connectivity index (χ0v) is 11.3. The summed E-state index contributed by atoms with van der Waals surface area (Å²) in [5.74, 6) is 0.696. The molecule has 0 saturated carbocycles. The number of carbonyl (C=O) groups is 1. The number of hydrogen-bond donors (Lipinski definition) is 2. The van der Waals surface area contributed by atoms with Gasteiger partial charge in [-0.1, -0.05) is 6.07 Å². The number of hydrogen-bond acceptors (Lipinski definition) is 4. The predicted molar refractivity (Wildman–Crippen MR) is 72.3 cm³/mol. The standard InChI is InChI=1S/C13H19N5O/c1-13(2,14)7-6-12(19)15-9-11-17-16-10-5-3-4-8-18(10)11/h3-5,8H,6-7,9,14H2,1-2H3,(H,15,19). The zero-order valence-electron chi connectivity index (χ0n) is 11.3. The lowest BCUT2D eigenvalue weighted by molar-refractivity contribution is -0.121. The molecule has 0 radical (unpaired) electrons. The van der Waals surface area contributed by atoms with Crippen molar-refractivity contribution in [2.45, 2.75) is 38.8 Å². The van der Waals surface area contributed by atoms with E-state index in [-0.39, 0.29) is 11.4 Å². The average Bonchev–Trinajstić information content (AvgIpc) is 2.76. The van der Waals surface area contributed by atoms with Gasteiger partial charge in [-0.25, -0.2) is 0 Å². The van der Waals surface area contributed by atoms with E-state index in [0.29, 0.717) is 19.4 Å². The second-order valence-corrected chi connectivity index (χ2v) is 5.31. The maximum absolute atomic E-state index is 11.7. The molecule has 0 spiro atoms. The van der Waals surface area contributed by atoms with Crippen molar-refractivity contribution in [1.82, 2.24) is 19.9 Å². The molecule has 2 aromatic rings. The van der Waals surface area contributed by atoms with Gasteiger partial charge in [-0.2, -0.15) is 0 Å². The van der Waals surface area contributed by atoms with Crippen LogP contribution in [0, 0.1) is 0 Å². The Balaban J connectivity index is 1.90. The van der Waals surface area contributed by atoms with Gasteiger partial charge in [-0.05, 0) is 32.4 Å². The minimum absolute atomic E-state index is 0.0220. The lowest BCUT2D eigenvalue weighted by Gasteiger charge is -2.17. The highest BCUT2D eigenvalue weighted by Crippen LogP contribution is 2.07. The minimum atomic E-state index is -0.321. The van der Waals surface area contributed by atoms with E-state index in [1.54, 1.807) is 0 Å². The molecule has 102 valence electrons. The molecule has 2 heterocycles. The summed E-state index contributed by atoms with van der Waals surface area (Å²) in [6.07, 6.45) is 2.94. The van der Waals surface area contributed by atoms with Crippen LogP contribution in [0.5, 0.6) is 0 Å². The molecule has 2 rings (SSSR count). The molecule has 0 unspecified atom stereocenters. The van der Waals surface area contributed by atoms with Crippen LogP contribution in [0.3, 0.4) is 0 Å². The molecule has 6 heteroatoms. The van der Waals surface area contributed by atoms with E-state index >= 15 is 0 Å². The van der Waals surface area contributed by atoms with Crippen molar-refractivity contribution in [1.29, 1.82) is 0 Å². The van der Waals surface area contributed by atoms with Crippen LogP contribution in [-0.2, 0) is 11.3 Å². The lowest BCUT2D eigenvalue weighted by Crippen LogP contribution is -2.34. The summed E-state index contributed by atoms with van der Waals surface area (Å²) in [6, 6.07) is 5.67. The van der Waals surface area contributed by atoms with Gasteiger partial charge in [0, 0.05) is 18.2 Å². The quantitative estimate of drug-likeness (QED) is 0.836. The van der Waals surface area contributed by atoms with Crippen LogP contribution in [-0.4, -0.2) is 26.0 Å². The third-order valence-corrected chi connectivity index (χ3v) is 2.82. The Hall–Kier alpha value is -1.95. The largest absolute Gasteiger partial charge is 0.349 e. The molecule has 0 aliphatic carbocycles. The van der Waals surface area contributed by atoms with Gasteiger partial charge in [0.2, 0.25) is 5.91 Å². The van der Waals surface area contributed by atoms with E-state index in [0.717, 1.165) is 11.5 Å². The molecular weight excluding hydrogens is 242 g/mol. The zero-order chi connectivity index (χ0) is 13.9. The number of fused-ring (bicyclic) bond motifs is 1. The number of amides is 1. The summed E-state index contributed by atoms with van der Waals surface area (Å²) in [6.45, 7) is 4.19. The Bertz CT molecular complexity index is 570. The van der Waals surface area contributed by atoms with Crippen LogP contribution >= 0.6 is 0 Å². The number of aromatic nitrogens is 3. The molecule has 0 aliphatic rings. The highest BCUT2D eigenvalue weighted by atomic mass is 16.1. The van der Waals surface area contributed by atoms with E-state index < -0.39 is 0 Å². The minimum Gasteiger partial charge on any atom is -0.349 e. The first-order valence-corrected chi connectivity index (χ1v) is 6.30. The first-order valence-electron chi connectivity index (χ1n) is 6.30. The van der Waals surface area contributed by atoms with Gasteiger partial charge in [0.05, 0.1) is 6.54 Å². The molecule has 0 fully saturated rings. The summed E-state index contributed by atoms with van der Waals surface area (Å²) in [5.41, 5.74) is 6.29. The fourth-order valence-corrected chi connectivity index (χ4v) is 1.71. The predicted octanol–water partition coefficient (Wildman–Crippen LogP) is 0.863. The maximum Gasteiger partial charge on any atom is 0.220 e. The molecule has 19 heavy (non-hydrogen) atoms. The van der Waals surface area contributed by atoms with Crippen molar-refractivity contribution in [3.63, 3.8) is 0 Å². The smallest absolute Gasteiger partial charge is 0.220 e. The van der Waals surface area contributed by atoms with Gasteiger partial charge in [-0.3, -0.25) is 9.20 Å². The number of carbonyl (C=O) groups excluding carboxylic acids is 1. The Labute approximate surface area is 112 Å². The molecule has 2 aromatic heterocycles. The van der Waals surface area contributed by atoms with Gasteiger partial charge in [-0.15, -0.1) is 10.2 Å². The number of nitrogens with two attached hydrogens (primary N) is 1. The van der Waals surface area contributed by atoms with Gasteiger partial charge in [0.1, 0.15) is 0 Å². The Morgan fingerprint density at radius 2 is 2.21 bits per heavy atom. The van der Waals surface area contributed by atoms with Gasteiger partial charge in [0.25, 0.3) is 0 Å². The molecule has 0 bridgehead atoms. The van der Waals surface area contributed by atoms with Gasteiger partial charge in [0.15, 0.2) is 11.5 Å². The summed E-state index contributed by atoms with van der Waals surface area (Å²) in [5, 5.41) is 10.9. The second-order valence-electron chi connectivity index (χ2n) is 5.31. The molecular formula is C13H19N5O. The molecule has 0 aliphatic heterocycles. The average molecular weight is 261 g/mol.